The Hall–Kier alpha value is -2.88. The second-order valence-electron chi connectivity index (χ2n) is 9.27. The number of hydrogen-bond acceptors (Lipinski definition) is 11. The third-order valence-electron chi connectivity index (χ3n) is 6.32. The van der Waals surface area contributed by atoms with Gasteiger partial charge in [0, 0.05) is 18.0 Å². The molecule has 40 heavy (non-hydrogen) atoms. The molecule has 222 valence electrons. The van der Waals surface area contributed by atoms with Gasteiger partial charge in [-0.3, -0.25) is 0 Å². The summed E-state index contributed by atoms with van der Waals surface area (Å²) >= 11 is 0.826. The highest BCUT2D eigenvalue weighted by Gasteiger charge is 2.41. The number of sulfonamides is 2. The third kappa shape index (κ3) is 6.06. The number of carbonyl (C=O) groups is 1. The van der Waals surface area contributed by atoms with Crippen LogP contribution in [0, 0.1) is 6.92 Å². The summed E-state index contributed by atoms with van der Waals surface area (Å²) in [6.45, 7) is 12.6. The lowest BCUT2D eigenvalue weighted by molar-refractivity contribution is -0.137. The van der Waals surface area contributed by atoms with Crippen LogP contribution in [0.15, 0.2) is 36.0 Å². The topological polar surface area (TPSA) is 168 Å². The van der Waals surface area contributed by atoms with Gasteiger partial charge < -0.3 is 24.9 Å². The predicted molar refractivity (Wildman–Crippen MR) is 153 cm³/mol. The highest BCUT2D eigenvalue weighted by atomic mass is 32.2. The molecule has 0 saturated heterocycles. The van der Waals surface area contributed by atoms with Gasteiger partial charge in [0.1, 0.15) is 11.5 Å². The van der Waals surface area contributed by atoms with Crippen LogP contribution in [0.5, 0.6) is 5.75 Å². The first kappa shape index (κ1) is 31.6. The van der Waals surface area contributed by atoms with Gasteiger partial charge in [0.2, 0.25) is 4.91 Å². The number of nitrogens with one attached hydrogen (secondary N) is 2. The highest BCUT2D eigenvalue weighted by Crippen LogP contribution is 2.44. The monoisotopic (exact) mass is 616 g/mol. The maximum absolute atomic E-state index is 13.2. The van der Waals surface area contributed by atoms with E-state index in [1.54, 1.807) is 27.0 Å². The Bertz CT molecular complexity index is 1530. The van der Waals surface area contributed by atoms with Crippen molar-refractivity contribution in [2.24, 2.45) is 4.40 Å². The molecule has 3 N–H and O–H groups in total. The number of amidine groups is 1. The minimum Gasteiger partial charge on any atom is -0.504 e. The minimum absolute atomic E-state index is 0.0627. The molecule has 0 spiro atoms. The van der Waals surface area contributed by atoms with Crippen molar-refractivity contribution in [3.63, 3.8) is 0 Å². The van der Waals surface area contributed by atoms with E-state index in [9.17, 15) is 26.7 Å². The van der Waals surface area contributed by atoms with Gasteiger partial charge in [0.25, 0.3) is 20.0 Å². The van der Waals surface area contributed by atoms with Crippen molar-refractivity contribution in [1.29, 1.82) is 0 Å². The van der Waals surface area contributed by atoms with Crippen LogP contribution in [0.4, 0.5) is 5.69 Å². The number of hydrogen-bond donors (Lipinski definition) is 3. The van der Waals surface area contributed by atoms with Gasteiger partial charge in [-0.2, -0.15) is 12.7 Å². The summed E-state index contributed by atoms with van der Waals surface area (Å²) in [6.07, 6.45) is 2.10. The van der Waals surface area contributed by atoms with Crippen LogP contribution in [-0.4, -0.2) is 57.7 Å². The van der Waals surface area contributed by atoms with Crippen LogP contribution in [-0.2, 0) is 29.6 Å². The molecule has 0 aromatic carbocycles. The lowest BCUT2D eigenvalue weighted by atomic mass is 10.1. The Morgan fingerprint density at radius 1 is 1.23 bits per heavy atom. The Morgan fingerprint density at radius 3 is 2.40 bits per heavy atom. The fourth-order valence-electron chi connectivity index (χ4n) is 4.09. The number of aryl methyl sites for hydroxylation is 1. The second kappa shape index (κ2) is 12.3. The average molecular weight is 617 g/mol. The van der Waals surface area contributed by atoms with E-state index in [1.165, 1.54) is 11.2 Å². The molecule has 0 amide bonds. The van der Waals surface area contributed by atoms with Crippen LogP contribution >= 0.6 is 11.3 Å². The molecule has 2 aromatic heterocycles. The maximum Gasteiger partial charge on any atom is 0.354 e. The van der Waals surface area contributed by atoms with Gasteiger partial charge in [0.15, 0.2) is 15.8 Å². The molecule has 3 heterocycles. The zero-order valence-corrected chi connectivity index (χ0v) is 26.0. The number of anilines is 1. The molecular weight excluding hydrogens is 580 g/mol. The summed E-state index contributed by atoms with van der Waals surface area (Å²) in [7, 11) is -8.54. The number of ether oxygens (including phenoxy) is 1. The Balaban J connectivity index is 2.12. The van der Waals surface area contributed by atoms with Crippen molar-refractivity contribution in [2.45, 2.75) is 71.1 Å². The number of furan rings is 1. The molecule has 12 nitrogen and oxygen atoms in total. The van der Waals surface area contributed by atoms with Crippen molar-refractivity contribution in [1.82, 2.24) is 9.62 Å². The zero-order valence-electron chi connectivity index (χ0n) is 23.6. The van der Waals surface area contributed by atoms with E-state index >= 15 is 0 Å². The molecule has 2 aromatic rings. The van der Waals surface area contributed by atoms with Gasteiger partial charge in [-0.15, -0.1) is 15.7 Å². The van der Waals surface area contributed by atoms with Gasteiger partial charge in [0.05, 0.1) is 24.6 Å². The average Bonchev–Trinajstić information content (AvgIpc) is 3.54. The summed E-state index contributed by atoms with van der Waals surface area (Å²) in [4.78, 5) is 12.4. The largest absolute Gasteiger partial charge is 0.504 e. The fraction of sp³-hybridized carbons (Fsp3) is 0.520. The maximum atomic E-state index is 13.2. The third-order valence-corrected chi connectivity index (χ3v) is 11.3. The number of nitrogens with zero attached hydrogens (tertiary/aromatic N) is 2. The molecule has 1 aliphatic rings. The fourth-order valence-corrected chi connectivity index (χ4v) is 8.35. The summed E-state index contributed by atoms with van der Waals surface area (Å²) in [5.41, 5.74) is 0.626. The smallest absolute Gasteiger partial charge is 0.354 e. The normalized spacial score (nSPS) is 16.0. The van der Waals surface area contributed by atoms with Gasteiger partial charge in [-0.05, 0) is 37.8 Å². The molecule has 0 unspecified atom stereocenters. The molecule has 0 bridgehead atoms. The molecule has 3 rings (SSSR count). The van der Waals surface area contributed by atoms with E-state index in [0.29, 0.717) is 17.1 Å². The van der Waals surface area contributed by atoms with Crippen LogP contribution in [0.3, 0.4) is 0 Å². The summed E-state index contributed by atoms with van der Waals surface area (Å²) in [5, 5.41) is 16.9. The quantitative estimate of drug-likeness (QED) is 0.294. The summed E-state index contributed by atoms with van der Waals surface area (Å²) in [5.74, 6) is -1.18. The molecular formula is C25H36N4O8S3. The zero-order chi connectivity index (χ0) is 30.0. The van der Waals surface area contributed by atoms with E-state index in [0.717, 1.165) is 16.9 Å². The van der Waals surface area contributed by atoms with Crippen molar-refractivity contribution < 1.29 is 35.9 Å². The van der Waals surface area contributed by atoms with E-state index < -0.39 is 42.7 Å². The van der Waals surface area contributed by atoms with Gasteiger partial charge in [-0.1, -0.05) is 34.6 Å². The Kier molecular flexibility index (Phi) is 9.75. The van der Waals surface area contributed by atoms with Crippen LogP contribution in [0.2, 0.25) is 0 Å². The molecule has 1 atom stereocenters. The minimum atomic E-state index is -4.51. The first-order chi connectivity index (χ1) is 18.7. The number of thiophene rings is 1. The number of carbonyl (C=O) groups excluding carboxylic acids is 1. The van der Waals surface area contributed by atoms with Crippen LogP contribution in [0.1, 0.15) is 76.1 Å². The van der Waals surface area contributed by atoms with Crippen LogP contribution in [0.25, 0.3) is 0 Å². The van der Waals surface area contributed by atoms with E-state index in [1.807, 2.05) is 26.8 Å². The molecule has 0 fully saturated rings. The van der Waals surface area contributed by atoms with Crippen LogP contribution < -0.4 is 10.6 Å². The second-order valence-corrected chi connectivity index (χ2v) is 14.2. The van der Waals surface area contributed by atoms with Crippen molar-refractivity contribution in [2.75, 3.05) is 25.0 Å². The van der Waals surface area contributed by atoms with E-state index in [-0.39, 0.29) is 47.0 Å². The summed E-state index contributed by atoms with van der Waals surface area (Å²) in [6, 6.07) is 1.34. The van der Waals surface area contributed by atoms with Crippen molar-refractivity contribution in [3.8, 4) is 5.75 Å². The molecule has 0 saturated carbocycles. The SMILES string of the molecule is CCOC(=O)C1=C(Nc2c(C)sc(S(=O)(=O)N(CC)CC)c2O)C(N[C@H](CC)c2cc(C(C)C)co2)=NS1(=O)=O. The Morgan fingerprint density at radius 2 is 1.88 bits per heavy atom. The van der Waals surface area contributed by atoms with Gasteiger partial charge >= 0.3 is 5.97 Å². The lowest BCUT2D eigenvalue weighted by Crippen LogP contribution is -2.31. The highest BCUT2D eigenvalue weighted by molar-refractivity contribution is 7.95. The molecule has 15 heteroatoms. The van der Waals surface area contributed by atoms with Gasteiger partial charge in [-0.25, -0.2) is 13.2 Å². The molecule has 0 aliphatic carbocycles. The number of rotatable bonds is 12. The lowest BCUT2D eigenvalue weighted by Gasteiger charge is -2.19. The first-order valence-electron chi connectivity index (χ1n) is 12.9. The first-order valence-corrected chi connectivity index (χ1v) is 16.6. The Labute approximate surface area is 239 Å². The summed E-state index contributed by atoms with van der Waals surface area (Å²) < 4.78 is 67.9. The van der Waals surface area contributed by atoms with Crippen molar-refractivity contribution in [3.05, 3.63) is 39.1 Å². The number of esters is 1. The molecule has 0 radical (unpaired) electrons. The van der Waals surface area contributed by atoms with E-state index in [2.05, 4.69) is 15.0 Å². The van der Waals surface area contributed by atoms with Crippen molar-refractivity contribution >= 4 is 48.9 Å². The molecule has 1 aliphatic heterocycles. The predicted octanol–water partition coefficient (Wildman–Crippen LogP) is 4.18. The van der Waals surface area contributed by atoms with E-state index in [4.69, 9.17) is 9.15 Å². The number of aromatic hydroxyl groups is 1. The standard InChI is InChI=1S/C25H36N4O8S3/c1-8-17(18-12-16(13-37-18)14(5)6)26-23-20(22(24(31)36-11-4)39(32,33)28-23)27-19-15(7)38-25(21(19)30)40(34,35)29(9-2)10-3/h12-14,17,27,30H,8-11H2,1-7H3,(H,26,28)/t17-/m1/s1.